The fourth-order valence-electron chi connectivity index (χ4n) is 1.23. The Hall–Kier alpha value is -1.54. The molecule has 0 aliphatic rings. The fraction of sp³-hybridized carbons (Fsp3) is 0.273. The van der Waals surface area contributed by atoms with Crippen LogP contribution in [0.4, 0.5) is 0 Å². The minimum atomic E-state index is -0.503. The third kappa shape index (κ3) is 2.52. The van der Waals surface area contributed by atoms with E-state index in [1.807, 2.05) is 6.07 Å². The first-order valence-corrected chi connectivity index (χ1v) is 5.75. The SMILES string of the molecule is CCOC(=O)c1cc(O)c(C#N)cc1CBr. The Morgan fingerprint density at radius 3 is 2.81 bits per heavy atom. The van der Waals surface area contributed by atoms with E-state index in [0.29, 0.717) is 10.9 Å². The molecule has 0 spiro atoms. The van der Waals surface area contributed by atoms with Gasteiger partial charge in [-0.3, -0.25) is 0 Å². The Labute approximate surface area is 102 Å². The van der Waals surface area contributed by atoms with Gasteiger partial charge in [-0.05, 0) is 24.6 Å². The van der Waals surface area contributed by atoms with Crippen LogP contribution in [0.25, 0.3) is 0 Å². The minimum absolute atomic E-state index is 0.141. The molecule has 5 heteroatoms. The maximum atomic E-state index is 11.5. The van der Waals surface area contributed by atoms with Gasteiger partial charge in [-0.25, -0.2) is 4.79 Å². The van der Waals surface area contributed by atoms with Crippen molar-refractivity contribution >= 4 is 21.9 Å². The number of nitriles is 1. The van der Waals surface area contributed by atoms with Crippen LogP contribution in [-0.2, 0) is 10.1 Å². The van der Waals surface area contributed by atoms with Crippen LogP contribution < -0.4 is 0 Å². The summed E-state index contributed by atoms with van der Waals surface area (Å²) in [5, 5.41) is 18.6. The Balaban J connectivity index is 3.24. The summed E-state index contributed by atoms with van der Waals surface area (Å²) in [7, 11) is 0. The second-order valence-corrected chi connectivity index (χ2v) is 3.55. The lowest BCUT2D eigenvalue weighted by molar-refractivity contribution is 0.0525. The highest BCUT2D eigenvalue weighted by molar-refractivity contribution is 9.08. The van der Waals surface area contributed by atoms with Crippen molar-refractivity contribution in [3.63, 3.8) is 0 Å². The summed E-state index contributed by atoms with van der Waals surface area (Å²) in [4.78, 5) is 11.5. The maximum Gasteiger partial charge on any atom is 0.338 e. The van der Waals surface area contributed by atoms with E-state index in [1.165, 1.54) is 12.1 Å². The molecule has 0 unspecified atom stereocenters. The van der Waals surface area contributed by atoms with Gasteiger partial charge in [0.05, 0.1) is 17.7 Å². The van der Waals surface area contributed by atoms with Crippen molar-refractivity contribution in [2.75, 3.05) is 6.61 Å². The molecule has 0 saturated carbocycles. The number of benzene rings is 1. The number of hydrogen-bond donors (Lipinski definition) is 1. The number of ether oxygens (including phenoxy) is 1. The van der Waals surface area contributed by atoms with Crippen LogP contribution in [-0.4, -0.2) is 17.7 Å². The Kier molecular flexibility index (Phi) is 4.32. The minimum Gasteiger partial charge on any atom is -0.507 e. The molecular weight excluding hydrogens is 274 g/mol. The summed E-state index contributed by atoms with van der Waals surface area (Å²) >= 11 is 3.22. The molecule has 1 aromatic rings. The summed E-state index contributed by atoms with van der Waals surface area (Å²) in [6.45, 7) is 1.97. The first kappa shape index (κ1) is 12.5. The van der Waals surface area contributed by atoms with E-state index in [-0.39, 0.29) is 23.5 Å². The van der Waals surface area contributed by atoms with Crippen LogP contribution in [0.15, 0.2) is 12.1 Å². The highest BCUT2D eigenvalue weighted by Crippen LogP contribution is 2.24. The van der Waals surface area contributed by atoms with Crippen molar-refractivity contribution in [1.82, 2.24) is 0 Å². The molecule has 0 aliphatic carbocycles. The topological polar surface area (TPSA) is 70.3 Å². The van der Waals surface area contributed by atoms with Crippen LogP contribution >= 0.6 is 15.9 Å². The lowest BCUT2D eigenvalue weighted by Crippen LogP contribution is -2.07. The number of halogens is 1. The number of carbonyl (C=O) groups is 1. The maximum absolute atomic E-state index is 11.5. The van der Waals surface area contributed by atoms with Gasteiger partial charge in [-0.2, -0.15) is 5.26 Å². The molecule has 1 N–H and O–H groups in total. The normalized spacial score (nSPS) is 9.56. The van der Waals surface area contributed by atoms with E-state index in [2.05, 4.69) is 15.9 Å². The second-order valence-electron chi connectivity index (χ2n) is 2.99. The molecule has 1 rings (SSSR count). The number of hydrogen-bond acceptors (Lipinski definition) is 4. The highest BCUT2D eigenvalue weighted by Gasteiger charge is 2.15. The number of carbonyl (C=O) groups excluding carboxylic acids is 1. The summed E-state index contributed by atoms with van der Waals surface area (Å²) in [6.07, 6.45) is 0. The monoisotopic (exact) mass is 283 g/mol. The molecule has 0 amide bonds. The van der Waals surface area contributed by atoms with Crippen LogP contribution in [0.2, 0.25) is 0 Å². The molecule has 4 nitrogen and oxygen atoms in total. The predicted octanol–water partition coefficient (Wildman–Crippen LogP) is 2.34. The predicted molar refractivity (Wildman–Crippen MR) is 61.4 cm³/mol. The zero-order valence-electron chi connectivity index (χ0n) is 8.66. The third-order valence-corrected chi connectivity index (χ3v) is 2.59. The van der Waals surface area contributed by atoms with E-state index in [4.69, 9.17) is 10.00 Å². The number of rotatable bonds is 3. The molecule has 16 heavy (non-hydrogen) atoms. The number of aromatic hydroxyl groups is 1. The van der Waals surface area contributed by atoms with Crippen LogP contribution in [0.5, 0.6) is 5.75 Å². The lowest BCUT2D eigenvalue weighted by atomic mass is 10.0. The molecule has 0 heterocycles. The van der Waals surface area contributed by atoms with Crippen molar-refractivity contribution in [2.45, 2.75) is 12.3 Å². The van der Waals surface area contributed by atoms with Gasteiger partial charge in [-0.15, -0.1) is 0 Å². The number of phenolic OH excluding ortho intramolecular Hbond substituents is 1. The first-order chi connectivity index (χ1) is 7.63. The van der Waals surface area contributed by atoms with E-state index < -0.39 is 5.97 Å². The van der Waals surface area contributed by atoms with Crippen LogP contribution in [0.1, 0.15) is 28.4 Å². The summed E-state index contributed by atoms with van der Waals surface area (Å²) in [5.41, 5.74) is 1.03. The van der Waals surface area contributed by atoms with E-state index in [9.17, 15) is 9.90 Å². The molecule has 0 aliphatic heterocycles. The Morgan fingerprint density at radius 2 is 2.31 bits per heavy atom. The zero-order valence-corrected chi connectivity index (χ0v) is 10.2. The number of alkyl halides is 1. The first-order valence-electron chi connectivity index (χ1n) is 4.63. The molecule has 0 aromatic heterocycles. The van der Waals surface area contributed by atoms with Crippen molar-refractivity contribution in [3.05, 3.63) is 28.8 Å². The van der Waals surface area contributed by atoms with Crippen molar-refractivity contribution in [1.29, 1.82) is 5.26 Å². The van der Waals surface area contributed by atoms with Crippen molar-refractivity contribution in [3.8, 4) is 11.8 Å². The molecule has 0 bridgehead atoms. The van der Waals surface area contributed by atoms with Gasteiger partial charge in [0.25, 0.3) is 0 Å². The van der Waals surface area contributed by atoms with Crippen molar-refractivity contribution < 1.29 is 14.6 Å². The molecule has 0 fully saturated rings. The van der Waals surface area contributed by atoms with E-state index >= 15 is 0 Å². The Morgan fingerprint density at radius 1 is 1.62 bits per heavy atom. The van der Waals surface area contributed by atoms with E-state index in [1.54, 1.807) is 6.92 Å². The van der Waals surface area contributed by atoms with Gasteiger partial charge >= 0.3 is 5.97 Å². The van der Waals surface area contributed by atoms with E-state index in [0.717, 1.165) is 0 Å². The van der Waals surface area contributed by atoms with Gasteiger partial charge in [0.2, 0.25) is 0 Å². The third-order valence-electron chi connectivity index (χ3n) is 1.98. The number of esters is 1. The average Bonchev–Trinajstić information content (AvgIpc) is 2.29. The molecule has 1 aromatic carbocycles. The van der Waals surface area contributed by atoms with Crippen LogP contribution in [0, 0.1) is 11.3 Å². The molecular formula is C11H10BrNO3. The van der Waals surface area contributed by atoms with Crippen LogP contribution in [0.3, 0.4) is 0 Å². The fourth-order valence-corrected chi connectivity index (χ4v) is 1.70. The largest absolute Gasteiger partial charge is 0.507 e. The van der Waals surface area contributed by atoms with Gasteiger partial charge in [0.1, 0.15) is 11.8 Å². The zero-order chi connectivity index (χ0) is 12.1. The summed E-state index contributed by atoms with van der Waals surface area (Å²) in [6, 6.07) is 4.57. The molecule has 0 radical (unpaired) electrons. The quantitative estimate of drug-likeness (QED) is 0.683. The van der Waals surface area contributed by atoms with Gasteiger partial charge in [0.15, 0.2) is 0 Å². The number of phenols is 1. The Bertz CT molecular complexity index is 451. The van der Waals surface area contributed by atoms with Crippen molar-refractivity contribution in [2.24, 2.45) is 0 Å². The molecule has 0 atom stereocenters. The molecule has 0 saturated heterocycles. The smallest absolute Gasteiger partial charge is 0.338 e. The molecule has 84 valence electrons. The van der Waals surface area contributed by atoms with Gasteiger partial charge < -0.3 is 9.84 Å². The van der Waals surface area contributed by atoms with Gasteiger partial charge in [0, 0.05) is 5.33 Å². The standard InChI is InChI=1S/C11H10BrNO3/c1-2-16-11(15)9-4-10(14)8(6-13)3-7(9)5-12/h3-4,14H,2,5H2,1H3. The summed E-state index contributed by atoms with van der Waals surface area (Å²) < 4.78 is 4.85. The number of nitrogens with zero attached hydrogens (tertiary/aromatic N) is 1. The highest BCUT2D eigenvalue weighted by atomic mass is 79.9. The van der Waals surface area contributed by atoms with Gasteiger partial charge in [-0.1, -0.05) is 15.9 Å². The average molecular weight is 284 g/mol. The summed E-state index contributed by atoms with van der Waals surface area (Å²) in [5.74, 6) is -0.716. The second kappa shape index (κ2) is 5.52. The lowest BCUT2D eigenvalue weighted by Gasteiger charge is -2.08.